The van der Waals surface area contributed by atoms with Gasteiger partial charge in [0.1, 0.15) is 5.82 Å². The fraction of sp³-hybridized carbons (Fsp3) is 0.0625. The maximum Gasteiger partial charge on any atom is 0.248 e. The Morgan fingerprint density at radius 1 is 1.25 bits per heavy atom. The van der Waals surface area contributed by atoms with Gasteiger partial charge in [-0.05, 0) is 42.3 Å². The zero-order chi connectivity index (χ0) is 14.5. The van der Waals surface area contributed by atoms with Crippen LogP contribution in [0.2, 0.25) is 5.02 Å². The van der Waals surface area contributed by atoms with Crippen molar-refractivity contribution in [3.63, 3.8) is 0 Å². The molecule has 0 atom stereocenters. The van der Waals surface area contributed by atoms with Crippen molar-refractivity contribution in [1.82, 2.24) is 0 Å². The number of benzene rings is 2. The van der Waals surface area contributed by atoms with Gasteiger partial charge in [-0.15, -0.1) is 0 Å². The lowest BCUT2D eigenvalue weighted by Crippen LogP contribution is -2.09. The van der Waals surface area contributed by atoms with E-state index in [9.17, 15) is 9.18 Å². The lowest BCUT2D eigenvalue weighted by Gasteiger charge is -2.06. The van der Waals surface area contributed by atoms with E-state index in [1.807, 2.05) is 12.1 Å². The smallest absolute Gasteiger partial charge is 0.248 e. The van der Waals surface area contributed by atoms with Gasteiger partial charge in [-0.2, -0.15) is 0 Å². The third kappa shape index (κ3) is 3.68. The number of carbonyl (C=O) groups excluding carboxylic acids is 1. The van der Waals surface area contributed by atoms with E-state index in [2.05, 4.69) is 5.32 Å². The summed E-state index contributed by atoms with van der Waals surface area (Å²) in [7, 11) is 0. The molecule has 0 fully saturated rings. The van der Waals surface area contributed by atoms with E-state index >= 15 is 0 Å². The van der Waals surface area contributed by atoms with Gasteiger partial charge in [0.25, 0.3) is 0 Å². The highest BCUT2D eigenvalue weighted by Gasteiger charge is 2.03. The second kappa shape index (κ2) is 6.35. The molecule has 0 unspecified atom stereocenters. The number of halogens is 2. The van der Waals surface area contributed by atoms with Crippen LogP contribution in [0.3, 0.4) is 0 Å². The predicted molar refractivity (Wildman–Crippen MR) is 80.3 cm³/mol. The average molecular weight is 290 g/mol. The van der Waals surface area contributed by atoms with Crippen molar-refractivity contribution in [2.45, 2.75) is 6.92 Å². The monoisotopic (exact) mass is 289 g/mol. The first-order chi connectivity index (χ1) is 9.56. The minimum atomic E-state index is -0.388. The van der Waals surface area contributed by atoms with Crippen molar-refractivity contribution in [3.8, 4) is 0 Å². The standard InChI is InChI=1S/C16H13ClFNO/c1-11-6-8-13(18)10-15(11)19-16(20)9-7-12-4-2-3-5-14(12)17/h2-10H,1H3,(H,19,20). The van der Waals surface area contributed by atoms with Crippen LogP contribution in [0, 0.1) is 12.7 Å². The fourth-order valence-corrected chi connectivity index (χ4v) is 1.88. The minimum Gasteiger partial charge on any atom is -0.322 e. The summed E-state index contributed by atoms with van der Waals surface area (Å²) < 4.78 is 13.1. The SMILES string of the molecule is Cc1ccc(F)cc1NC(=O)C=Cc1ccccc1Cl. The number of nitrogens with one attached hydrogen (secondary N) is 1. The first-order valence-electron chi connectivity index (χ1n) is 6.06. The first kappa shape index (κ1) is 14.3. The Morgan fingerprint density at radius 3 is 2.75 bits per heavy atom. The Hall–Kier alpha value is -2.13. The van der Waals surface area contributed by atoms with E-state index in [0.29, 0.717) is 10.7 Å². The third-order valence-electron chi connectivity index (χ3n) is 2.78. The maximum atomic E-state index is 13.1. The van der Waals surface area contributed by atoms with Crippen LogP contribution in [0.5, 0.6) is 0 Å². The zero-order valence-electron chi connectivity index (χ0n) is 10.9. The molecule has 2 rings (SSSR count). The topological polar surface area (TPSA) is 29.1 Å². The molecule has 0 aromatic heterocycles. The van der Waals surface area contributed by atoms with Crippen LogP contribution in [0.25, 0.3) is 6.08 Å². The molecule has 4 heteroatoms. The summed E-state index contributed by atoms with van der Waals surface area (Å²) in [6, 6.07) is 11.5. The van der Waals surface area contributed by atoms with Crippen molar-refractivity contribution in [1.29, 1.82) is 0 Å². The molecule has 0 radical (unpaired) electrons. The van der Waals surface area contributed by atoms with Crippen LogP contribution < -0.4 is 5.32 Å². The van der Waals surface area contributed by atoms with Gasteiger partial charge in [0.05, 0.1) is 0 Å². The molecular weight excluding hydrogens is 277 g/mol. The maximum absolute atomic E-state index is 13.1. The molecule has 0 heterocycles. The molecule has 0 aliphatic rings. The molecule has 0 aliphatic carbocycles. The van der Waals surface area contributed by atoms with Crippen molar-refractivity contribution < 1.29 is 9.18 Å². The molecule has 0 bridgehead atoms. The molecule has 0 saturated carbocycles. The first-order valence-corrected chi connectivity index (χ1v) is 6.44. The molecule has 0 aliphatic heterocycles. The van der Waals surface area contributed by atoms with E-state index in [4.69, 9.17) is 11.6 Å². The number of hydrogen-bond donors (Lipinski definition) is 1. The Balaban J connectivity index is 2.10. The Bertz CT molecular complexity index is 667. The van der Waals surface area contributed by atoms with E-state index in [1.165, 1.54) is 18.2 Å². The van der Waals surface area contributed by atoms with E-state index in [1.54, 1.807) is 31.2 Å². The summed E-state index contributed by atoms with van der Waals surface area (Å²) in [5, 5.41) is 3.20. The van der Waals surface area contributed by atoms with Gasteiger partial charge in [0.2, 0.25) is 5.91 Å². The molecule has 102 valence electrons. The number of amides is 1. The van der Waals surface area contributed by atoms with Gasteiger partial charge in [-0.3, -0.25) is 4.79 Å². The van der Waals surface area contributed by atoms with Crippen LogP contribution in [-0.2, 0) is 4.79 Å². The summed E-state index contributed by atoms with van der Waals surface area (Å²) in [6.45, 7) is 1.80. The van der Waals surface area contributed by atoms with Crippen LogP contribution in [0.1, 0.15) is 11.1 Å². The van der Waals surface area contributed by atoms with Gasteiger partial charge in [0.15, 0.2) is 0 Å². The molecule has 20 heavy (non-hydrogen) atoms. The number of rotatable bonds is 3. The molecule has 0 spiro atoms. The number of anilines is 1. The second-order valence-corrected chi connectivity index (χ2v) is 4.71. The predicted octanol–water partition coefficient (Wildman–Crippen LogP) is 4.44. The molecular formula is C16H13ClFNO. The number of carbonyl (C=O) groups is 1. The molecule has 2 nitrogen and oxygen atoms in total. The van der Waals surface area contributed by atoms with Gasteiger partial charge < -0.3 is 5.32 Å². The largest absolute Gasteiger partial charge is 0.322 e. The summed E-state index contributed by atoms with van der Waals surface area (Å²) in [5.41, 5.74) is 2.00. The highest BCUT2D eigenvalue weighted by molar-refractivity contribution is 6.32. The molecule has 1 N–H and O–H groups in total. The van der Waals surface area contributed by atoms with Crippen molar-refractivity contribution in [3.05, 3.63) is 70.5 Å². The summed E-state index contributed by atoms with van der Waals surface area (Å²) in [6.07, 6.45) is 2.98. The quantitative estimate of drug-likeness (QED) is 0.832. The zero-order valence-corrected chi connectivity index (χ0v) is 11.6. The van der Waals surface area contributed by atoms with E-state index in [-0.39, 0.29) is 11.7 Å². The van der Waals surface area contributed by atoms with Crippen LogP contribution in [0.15, 0.2) is 48.5 Å². The van der Waals surface area contributed by atoms with Crippen molar-refractivity contribution in [2.75, 3.05) is 5.32 Å². The Labute approximate surface area is 121 Å². The second-order valence-electron chi connectivity index (χ2n) is 4.30. The highest BCUT2D eigenvalue weighted by atomic mass is 35.5. The molecule has 2 aromatic carbocycles. The Kier molecular flexibility index (Phi) is 4.53. The summed E-state index contributed by atoms with van der Waals surface area (Å²) >= 11 is 5.98. The summed E-state index contributed by atoms with van der Waals surface area (Å²) in [5.74, 6) is -0.723. The number of hydrogen-bond acceptors (Lipinski definition) is 1. The van der Waals surface area contributed by atoms with Gasteiger partial charge in [-0.25, -0.2) is 4.39 Å². The average Bonchev–Trinajstić information content (AvgIpc) is 2.42. The highest BCUT2D eigenvalue weighted by Crippen LogP contribution is 2.18. The number of aryl methyl sites for hydroxylation is 1. The Morgan fingerprint density at radius 2 is 2.00 bits per heavy atom. The van der Waals surface area contributed by atoms with Gasteiger partial charge in [0, 0.05) is 16.8 Å². The van der Waals surface area contributed by atoms with Gasteiger partial charge >= 0.3 is 0 Å². The van der Waals surface area contributed by atoms with Crippen LogP contribution >= 0.6 is 11.6 Å². The molecule has 2 aromatic rings. The third-order valence-corrected chi connectivity index (χ3v) is 3.12. The normalized spacial score (nSPS) is 10.8. The van der Waals surface area contributed by atoms with E-state index < -0.39 is 0 Å². The molecule has 0 saturated heterocycles. The van der Waals surface area contributed by atoms with E-state index in [0.717, 1.165) is 11.1 Å². The fourth-order valence-electron chi connectivity index (χ4n) is 1.68. The minimum absolute atomic E-state index is 0.335. The van der Waals surface area contributed by atoms with Crippen molar-refractivity contribution in [2.24, 2.45) is 0 Å². The van der Waals surface area contributed by atoms with Crippen LogP contribution in [0.4, 0.5) is 10.1 Å². The molecule has 1 amide bonds. The van der Waals surface area contributed by atoms with Crippen LogP contribution in [-0.4, -0.2) is 5.91 Å². The van der Waals surface area contributed by atoms with Crippen molar-refractivity contribution >= 4 is 29.3 Å². The lowest BCUT2D eigenvalue weighted by molar-refractivity contribution is -0.111. The summed E-state index contributed by atoms with van der Waals surface area (Å²) in [4.78, 5) is 11.8. The van der Waals surface area contributed by atoms with Gasteiger partial charge in [-0.1, -0.05) is 35.9 Å². The lowest BCUT2D eigenvalue weighted by atomic mass is 10.2.